The number of carbonyl (C=O) groups is 2. The average molecular weight is 306 g/mol. The summed E-state index contributed by atoms with van der Waals surface area (Å²) in [5.41, 5.74) is 0.467. The lowest BCUT2D eigenvalue weighted by molar-refractivity contribution is -0.385. The third-order valence-electron chi connectivity index (χ3n) is 3.97. The molecular formula is C15H18N2O5. The number of hydrogen-bond donors (Lipinski definition) is 0. The topological polar surface area (TPSA) is 89.8 Å². The molecule has 2 rings (SSSR count). The van der Waals surface area contributed by atoms with Crippen LogP contribution in [0.4, 0.5) is 5.69 Å². The Labute approximate surface area is 128 Å². The number of likely N-dealkylation sites (tertiary alicyclic amines) is 1. The number of nitro benzene ring substituents is 1. The molecule has 1 heterocycles. The monoisotopic (exact) mass is 306 g/mol. The third kappa shape index (κ3) is 2.93. The van der Waals surface area contributed by atoms with Gasteiger partial charge in [-0.15, -0.1) is 0 Å². The Hall–Kier alpha value is -2.44. The zero-order chi connectivity index (χ0) is 16.3. The summed E-state index contributed by atoms with van der Waals surface area (Å²) >= 11 is 0. The van der Waals surface area contributed by atoms with E-state index in [1.165, 1.54) is 24.1 Å². The van der Waals surface area contributed by atoms with E-state index in [0.29, 0.717) is 18.5 Å². The van der Waals surface area contributed by atoms with Crippen LogP contribution < -0.4 is 0 Å². The molecule has 7 heteroatoms. The number of benzene rings is 1. The molecule has 0 N–H and O–H groups in total. The summed E-state index contributed by atoms with van der Waals surface area (Å²) in [5.74, 6) is -0.813. The first kappa shape index (κ1) is 15.9. The number of piperidine rings is 1. The first-order valence-electron chi connectivity index (χ1n) is 7.10. The SMILES string of the molecule is COC(=O)C1CCCCN1C(=O)c1cccc([N+](=O)[O-])c1C. The van der Waals surface area contributed by atoms with Crippen LogP contribution >= 0.6 is 0 Å². The Balaban J connectivity index is 2.36. The van der Waals surface area contributed by atoms with E-state index < -0.39 is 16.9 Å². The lowest BCUT2D eigenvalue weighted by Gasteiger charge is -2.34. The second-order valence-electron chi connectivity index (χ2n) is 5.24. The smallest absolute Gasteiger partial charge is 0.328 e. The van der Waals surface area contributed by atoms with Gasteiger partial charge < -0.3 is 9.64 Å². The first-order valence-corrected chi connectivity index (χ1v) is 7.10. The predicted octanol–water partition coefficient (Wildman–Crippen LogP) is 2.07. The summed E-state index contributed by atoms with van der Waals surface area (Å²) in [6.07, 6.45) is 2.19. The highest BCUT2D eigenvalue weighted by atomic mass is 16.6. The number of hydrogen-bond acceptors (Lipinski definition) is 5. The molecule has 22 heavy (non-hydrogen) atoms. The Morgan fingerprint density at radius 3 is 2.73 bits per heavy atom. The summed E-state index contributed by atoms with van der Waals surface area (Å²) in [4.78, 5) is 36.5. The van der Waals surface area contributed by atoms with Gasteiger partial charge in [-0.25, -0.2) is 4.79 Å². The molecule has 118 valence electrons. The van der Waals surface area contributed by atoms with Crippen LogP contribution in [0.5, 0.6) is 0 Å². The molecule has 1 unspecified atom stereocenters. The van der Waals surface area contributed by atoms with Crippen LogP contribution in [0.25, 0.3) is 0 Å². The number of carbonyl (C=O) groups excluding carboxylic acids is 2. The van der Waals surface area contributed by atoms with Gasteiger partial charge >= 0.3 is 5.97 Å². The van der Waals surface area contributed by atoms with Gasteiger partial charge in [0, 0.05) is 23.7 Å². The molecule has 0 radical (unpaired) electrons. The fourth-order valence-corrected chi connectivity index (χ4v) is 2.76. The van der Waals surface area contributed by atoms with Crippen LogP contribution in [0.1, 0.15) is 35.2 Å². The first-order chi connectivity index (χ1) is 10.5. The van der Waals surface area contributed by atoms with Gasteiger partial charge in [-0.2, -0.15) is 0 Å². The maximum Gasteiger partial charge on any atom is 0.328 e. The largest absolute Gasteiger partial charge is 0.467 e. The van der Waals surface area contributed by atoms with Crippen molar-refractivity contribution in [1.29, 1.82) is 0 Å². The van der Waals surface area contributed by atoms with Crippen molar-refractivity contribution < 1.29 is 19.2 Å². The molecule has 1 atom stereocenters. The van der Waals surface area contributed by atoms with Gasteiger partial charge in [-0.1, -0.05) is 6.07 Å². The van der Waals surface area contributed by atoms with Crippen LogP contribution in [0.2, 0.25) is 0 Å². The molecule has 1 aromatic carbocycles. The minimum absolute atomic E-state index is 0.0996. The molecule has 0 aliphatic carbocycles. The van der Waals surface area contributed by atoms with Crippen molar-refractivity contribution in [3.8, 4) is 0 Å². The van der Waals surface area contributed by atoms with Crippen LogP contribution in [0, 0.1) is 17.0 Å². The van der Waals surface area contributed by atoms with E-state index in [2.05, 4.69) is 0 Å². The highest BCUT2D eigenvalue weighted by Gasteiger charge is 2.34. The van der Waals surface area contributed by atoms with Crippen molar-refractivity contribution in [2.24, 2.45) is 0 Å². The maximum absolute atomic E-state index is 12.7. The Kier molecular flexibility index (Phi) is 4.75. The summed E-state index contributed by atoms with van der Waals surface area (Å²) in [6.45, 7) is 1.99. The summed E-state index contributed by atoms with van der Waals surface area (Å²) < 4.78 is 4.76. The molecule has 1 aliphatic heterocycles. The number of amides is 1. The van der Waals surface area contributed by atoms with E-state index in [-0.39, 0.29) is 17.2 Å². The molecule has 1 fully saturated rings. The minimum Gasteiger partial charge on any atom is -0.467 e. The maximum atomic E-state index is 12.7. The quantitative estimate of drug-likeness (QED) is 0.484. The van der Waals surface area contributed by atoms with Gasteiger partial charge in [0.05, 0.1) is 12.0 Å². The molecule has 1 aliphatic rings. The van der Waals surface area contributed by atoms with E-state index in [0.717, 1.165) is 12.8 Å². The van der Waals surface area contributed by atoms with E-state index in [4.69, 9.17) is 4.74 Å². The third-order valence-corrected chi connectivity index (χ3v) is 3.97. The van der Waals surface area contributed by atoms with E-state index >= 15 is 0 Å². The van der Waals surface area contributed by atoms with Crippen molar-refractivity contribution in [2.75, 3.05) is 13.7 Å². The fourth-order valence-electron chi connectivity index (χ4n) is 2.76. The molecule has 1 aromatic rings. The zero-order valence-electron chi connectivity index (χ0n) is 12.6. The molecule has 7 nitrogen and oxygen atoms in total. The lowest BCUT2D eigenvalue weighted by Crippen LogP contribution is -2.48. The highest BCUT2D eigenvalue weighted by Crippen LogP contribution is 2.26. The van der Waals surface area contributed by atoms with Crippen LogP contribution in [0.15, 0.2) is 18.2 Å². The molecular weight excluding hydrogens is 288 g/mol. The minimum atomic E-state index is -0.620. The Morgan fingerprint density at radius 1 is 1.36 bits per heavy atom. The van der Waals surface area contributed by atoms with Crippen molar-refractivity contribution in [3.63, 3.8) is 0 Å². The van der Waals surface area contributed by atoms with Gasteiger partial charge in [-0.05, 0) is 32.3 Å². The molecule has 1 saturated heterocycles. The van der Waals surface area contributed by atoms with Crippen LogP contribution in [0.3, 0.4) is 0 Å². The van der Waals surface area contributed by atoms with E-state index in [9.17, 15) is 19.7 Å². The van der Waals surface area contributed by atoms with Gasteiger partial charge in [0.15, 0.2) is 0 Å². The van der Waals surface area contributed by atoms with Gasteiger partial charge in [0.2, 0.25) is 0 Å². The number of rotatable bonds is 3. The van der Waals surface area contributed by atoms with Crippen LogP contribution in [-0.2, 0) is 9.53 Å². The zero-order valence-corrected chi connectivity index (χ0v) is 12.6. The number of esters is 1. The molecule has 0 aromatic heterocycles. The van der Waals surface area contributed by atoms with Crippen molar-refractivity contribution in [2.45, 2.75) is 32.2 Å². The van der Waals surface area contributed by atoms with Gasteiger partial charge in [-0.3, -0.25) is 14.9 Å². The Morgan fingerprint density at radius 2 is 2.09 bits per heavy atom. The normalized spacial score (nSPS) is 17.9. The average Bonchev–Trinajstić information content (AvgIpc) is 2.53. The van der Waals surface area contributed by atoms with E-state index in [1.807, 2.05) is 0 Å². The van der Waals surface area contributed by atoms with Crippen molar-refractivity contribution in [1.82, 2.24) is 4.90 Å². The molecule has 0 saturated carbocycles. The molecule has 0 spiro atoms. The van der Waals surface area contributed by atoms with Crippen molar-refractivity contribution in [3.05, 3.63) is 39.4 Å². The van der Waals surface area contributed by atoms with E-state index in [1.54, 1.807) is 13.0 Å². The molecule has 0 bridgehead atoms. The van der Waals surface area contributed by atoms with Gasteiger partial charge in [0.25, 0.3) is 11.6 Å². The summed E-state index contributed by atoms with van der Waals surface area (Å²) in [7, 11) is 1.29. The van der Waals surface area contributed by atoms with Gasteiger partial charge in [0.1, 0.15) is 6.04 Å². The second kappa shape index (κ2) is 6.55. The second-order valence-corrected chi connectivity index (χ2v) is 5.24. The predicted molar refractivity (Wildman–Crippen MR) is 78.5 cm³/mol. The number of methoxy groups -OCH3 is 1. The Bertz CT molecular complexity index is 614. The number of ether oxygens (including phenoxy) is 1. The highest BCUT2D eigenvalue weighted by molar-refractivity contribution is 5.98. The summed E-state index contributed by atoms with van der Waals surface area (Å²) in [6, 6.07) is 3.77. The van der Waals surface area contributed by atoms with Crippen molar-refractivity contribution >= 4 is 17.6 Å². The standard InChI is InChI=1S/C15H18N2O5/c1-10-11(6-5-8-12(10)17(20)21)14(18)16-9-4-3-7-13(16)15(19)22-2/h5-6,8,13H,3-4,7,9H2,1-2H3. The van der Waals surface area contributed by atoms with Crippen LogP contribution in [-0.4, -0.2) is 41.4 Å². The molecule has 1 amide bonds. The number of nitrogens with zero attached hydrogens (tertiary/aromatic N) is 2. The lowest BCUT2D eigenvalue weighted by atomic mass is 9.99. The summed E-state index contributed by atoms with van der Waals surface area (Å²) in [5, 5.41) is 11.0. The number of nitro groups is 1. The fraction of sp³-hybridized carbons (Fsp3) is 0.467.